The van der Waals surface area contributed by atoms with E-state index in [4.69, 9.17) is 4.74 Å². The molecule has 2 heterocycles. The van der Waals surface area contributed by atoms with Crippen molar-refractivity contribution in [1.82, 2.24) is 10.3 Å². The van der Waals surface area contributed by atoms with Crippen molar-refractivity contribution in [2.75, 3.05) is 20.2 Å². The summed E-state index contributed by atoms with van der Waals surface area (Å²) >= 11 is 0. The van der Waals surface area contributed by atoms with Crippen LogP contribution in [0.1, 0.15) is 31.0 Å². The zero-order chi connectivity index (χ0) is 11.5. The molecular formula is C12H17N3O. The first kappa shape index (κ1) is 10.9. The van der Waals surface area contributed by atoms with Crippen molar-refractivity contribution in [2.45, 2.75) is 19.8 Å². The number of hydrogen-bond acceptors (Lipinski definition) is 4. The molecule has 86 valence electrons. The van der Waals surface area contributed by atoms with Crippen LogP contribution in [-0.4, -0.2) is 31.0 Å². The van der Waals surface area contributed by atoms with Gasteiger partial charge in [0.15, 0.2) is 0 Å². The molecule has 1 aromatic heterocycles. The maximum Gasteiger partial charge on any atom is 0.224 e. The first-order valence-corrected chi connectivity index (χ1v) is 5.56. The fraction of sp³-hybridized carbons (Fsp3) is 0.500. The molecule has 1 N–H and O–H groups in total. The molecule has 0 saturated carbocycles. The van der Waals surface area contributed by atoms with Crippen LogP contribution in [0, 0.1) is 0 Å². The highest BCUT2D eigenvalue weighted by Crippen LogP contribution is 2.21. The van der Waals surface area contributed by atoms with Gasteiger partial charge in [-0.2, -0.15) is 0 Å². The van der Waals surface area contributed by atoms with Crippen LogP contribution < -0.4 is 10.1 Å². The van der Waals surface area contributed by atoms with Crippen molar-refractivity contribution in [2.24, 2.45) is 4.99 Å². The molecule has 0 aromatic carbocycles. The van der Waals surface area contributed by atoms with Gasteiger partial charge in [0.25, 0.3) is 0 Å². The molecule has 0 fully saturated rings. The Kier molecular flexibility index (Phi) is 3.08. The molecule has 1 aromatic rings. The molecule has 0 bridgehead atoms. The standard InChI is InChI=1S/C12H17N3O/c1-8(2)10-5-4-9(12(15-10)16-3)11-13-6-7-14-11/h4-5,8H,6-7H2,1-3H3,(H,13,14). The van der Waals surface area contributed by atoms with Crippen molar-refractivity contribution >= 4 is 5.84 Å². The highest BCUT2D eigenvalue weighted by atomic mass is 16.5. The predicted octanol–water partition coefficient (Wildman–Crippen LogP) is 1.56. The van der Waals surface area contributed by atoms with E-state index >= 15 is 0 Å². The van der Waals surface area contributed by atoms with E-state index in [-0.39, 0.29) is 0 Å². The van der Waals surface area contributed by atoms with Crippen molar-refractivity contribution in [1.29, 1.82) is 0 Å². The van der Waals surface area contributed by atoms with Gasteiger partial charge in [-0.15, -0.1) is 0 Å². The molecule has 4 nitrogen and oxygen atoms in total. The van der Waals surface area contributed by atoms with Crippen molar-refractivity contribution < 1.29 is 4.74 Å². The van der Waals surface area contributed by atoms with Crippen molar-refractivity contribution in [3.63, 3.8) is 0 Å². The highest BCUT2D eigenvalue weighted by molar-refractivity contribution is 6.01. The summed E-state index contributed by atoms with van der Waals surface area (Å²) in [6.45, 7) is 5.95. The minimum Gasteiger partial charge on any atom is -0.480 e. The van der Waals surface area contributed by atoms with Gasteiger partial charge >= 0.3 is 0 Å². The fourth-order valence-corrected chi connectivity index (χ4v) is 1.69. The van der Waals surface area contributed by atoms with E-state index in [9.17, 15) is 0 Å². The molecule has 0 spiro atoms. The predicted molar refractivity (Wildman–Crippen MR) is 64.3 cm³/mol. The van der Waals surface area contributed by atoms with Crippen LogP contribution in [0.25, 0.3) is 0 Å². The number of nitrogens with one attached hydrogen (secondary N) is 1. The second kappa shape index (κ2) is 4.51. The fourth-order valence-electron chi connectivity index (χ4n) is 1.69. The molecule has 1 aliphatic heterocycles. The Bertz CT molecular complexity index is 413. The summed E-state index contributed by atoms with van der Waals surface area (Å²) < 4.78 is 5.32. The normalized spacial score (nSPS) is 14.9. The molecule has 0 amide bonds. The average molecular weight is 219 g/mol. The molecular weight excluding hydrogens is 202 g/mol. The lowest BCUT2D eigenvalue weighted by molar-refractivity contribution is 0.394. The highest BCUT2D eigenvalue weighted by Gasteiger charge is 2.15. The Balaban J connectivity index is 2.38. The summed E-state index contributed by atoms with van der Waals surface area (Å²) in [5.74, 6) is 1.94. The van der Waals surface area contributed by atoms with Gasteiger partial charge < -0.3 is 10.1 Å². The Morgan fingerprint density at radius 1 is 1.38 bits per heavy atom. The van der Waals surface area contributed by atoms with Crippen LogP contribution in [0.2, 0.25) is 0 Å². The summed E-state index contributed by atoms with van der Waals surface area (Å²) in [6.07, 6.45) is 0. The molecule has 0 unspecified atom stereocenters. The SMILES string of the molecule is COc1nc(C(C)C)ccc1C1=NCCN1. The van der Waals surface area contributed by atoms with Crippen LogP contribution in [0.3, 0.4) is 0 Å². The van der Waals surface area contributed by atoms with Gasteiger partial charge in [0.2, 0.25) is 5.88 Å². The number of amidine groups is 1. The largest absolute Gasteiger partial charge is 0.480 e. The van der Waals surface area contributed by atoms with Gasteiger partial charge in [0, 0.05) is 12.2 Å². The van der Waals surface area contributed by atoms with Crippen LogP contribution in [-0.2, 0) is 0 Å². The third-order valence-electron chi connectivity index (χ3n) is 2.60. The maximum atomic E-state index is 5.32. The zero-order valence-electron chi connectivity index (χ0n) is 9.95. The van der Waals surface area contributed by atoms with Gasteiger partial charge in [-0.25, -0.2) is 4.98 Å². The lowest BCUT2D eigenvalue weighted by Gasteiger charge is -2.11. The van der Waals surface area contributed by atoms with E-state index < -0.39 is 0 Å². The van der Waals surface area contributed by atoms with E-state index in [2.05, 4.69) is 29.1 Å². The number of ether oxygens (including phenoxy) is 1. The summed E-state index contributed by atoms with van der Waals surface area (Å²) in [4.78, 5) is 8.87. The van der Waals surface area contributed by atoms with Gasteiger partial charge in [-0.05, 0) is 18.1 Å². The molecule has 0 radical (unpaired) electrons. The van der Waals surface area contributed by atoms with E-state index in [1.165, 1.54) is 0 Å². The minimum atomic E-state index is 0.404. The number of aromatic nitrogens is 1. The second-order valence-electron chi connectivity index (χ2n) is 4.10. The summed E-state index contributed by atoms with van der Waals surface area (Å²) in [5, 5.41) is 3.23. The Hall–Kier alpha value is -1.58. The summed E-state index contributed by atoms with van der Waals surface area (Å²) in [5.41, 5.74) is 1.99. The van der Waals surface area contributed by atoms with Crippen LogP contribution in [0.4, 0.5) is 0 Å². The molecule has 0 aliphatic carbocycles. The van der Waals surface area contributed by atoms with Gasteiger partial charge in [0.1, 0.15) is 5.84 Å². The van der Waals surface area contributed by atoms with E-state index in [1.54, 1.807) is 7.11 Å². The van der Waals surface area contributed by atoms with E-state index in [1.807, 2.05) is 12.1 Å². The molecule has 0 atom stereocenters. The number of pyridine rings is 1. The third kappa shape index (κ3) is 2.01. The first-order valence-electron chi connectivity index (χ1n) is 5.56. The number of nitrogens with zero attached hydrogens (tertiary/aromatic N) is 2. The molecule has 16 heavy (non-hydrogen) atoms. The van der Waals surface area contributed by atoms with E-state index in [0.717, 1.165) is 30.2 Å². The topological polar surface area (TPSA) is 46.5 Å². The Morgan fingerprint density at radius 3 is 2.75 bits per heavy atom. The Morgan fingerprint density at radius 2 is 2.19 bits per heavy atom. The average Bonchev–Trinajstić information content (AvgIpc) is 2.81. The lowest BCUT2D eigenvalue weighted by atomic mass is 10.1. The lowest BCUT2D eigenvalue weighted by Crippen LogP contribution is -2.20. The number of aliphatic imine (C=N–C) groups is 1. The van der Waals surface area contributed by atoms with Crippen LogP contribution in [0.15, 0.2) is 17.1 Å². The number of rotatable bonds is 3. The smallest absolute Gasteiger partial charge is 0.224 e. The van der Waals surface area contributed by atoms with Crippen LogP contribution in [0.5, 0.6) is 5.88 Å². The van der Waals surface area contributed by atoms with Crippen LogP contribution >= 0.6 is 0 Å². The zero-order valence-corrected chi connectivity index (χ0v) is 9.95. The van der Waals surface area contributed by atoms with E-state index in [0.29, 0.717) is 11.8 Å². The third-order valence-corrected chi connectivity index (χ3v) is 2.60. The minimum absolute atomic E-state index is 0.404. The summed E-state index contributed by atoms with van der Waals surface area (Å²) in [7, 11) is 1.64. The monoisotopic (exact) mass is 219 g/mol. The van der Waals surface area contributed by atoms with Crippen molar-refractivity contribution in [3.8, 4) is 5.88 Å². The second-order valence-corrected chi connectivity index (χ2v) is 4.10. The maximum absolute atomic E-state index is 5.32. The van der Waals surface area contributed by atoms with Gasteiger partial charge in [-0.3, -0.25) is 4.99 Å². The van der Waals surface area contributed by atoms with Gasteiger partial charge in [-0.1, -0.05) is 13.8 Å². The Labute approximate surface area is 95.8 Å². The molecule has 2 rings (SSSR count). The van der Waals surface area contributed by atoms with Gasteiger partial charge in [0.05, 0.1) is 19.2 Å². The van der Waals surface area contributed by atoms with Crippen molar-refractivity contribution in [3.05, 3.63) is 23.4 Å². The number of hydrogen-bond donors (Lipinski definition) is 1. The molecule has 4 heteroatoms. The number of methoxy groups -OCH3 is 1. The molecule has 1 aliphatic rings. The first-order chi connectivity index (χ1) is 7.72. The summed E-state index contributed by atoms with van der Waals surface area (Å²) in [6, 6.07) is 4.06. The quantitative estimate of drug-likeness (QED) is 0.839. The molecule has 0 saturated heterocycles.